The van der Waals surface area contributed by atoms with E-state index in [0.717, 1.165) is 12.0 Å². The van der Waals surface area contributed by atoms with Gasteiger partial charge in [0.2, 0.25) is 0 Å². The first-order valence-corrected chi connectivity index (χ1v) is 7.63. The maximum Gasteiger partial charge on any atom is 0.262 e. The van der Waals surface area contributed by atoms with E-state index in [1.165, 1.54) is 0 Å². The van der Waals surface area contributed by atoms with E-state index in [0.29, 0.717) is 29.3 Å². The Balaban J connectivity index is 1.60. The molecule has 1 aliphatic heterocycles. The largest absolute Gasteiger partial charge is 0.497 e. The van der Waals surface area contributed by atoms with Crippen molar-refractivity contribution in [2.75, 3.05) is 25.6 Å². The van der Waals surface area contributed by atoms with E-state index in [4.69, 9.17) is 9.47 Å². The summed E-state index contributed by atoms with van der Waals surface area (Å²) in [6.07, 6.45) is 0.800. The normalized spacial score (nSPS) is 12.8. The molecule has 0 bridgehead atoms. The van der Waals surface area contributed by atoms with Crippen LogP contribution in [0.25, 0.3) is 0 Å². The third-order valence-electron chi connectivity index (χ3n) is 3.73. The Morgan fingerprint density at radius 3 is 2.88 bits per heavy atom. The van der Waals surface area contributed by atoms with Crippen LogP contribution < -0.4 is 20.1 Å². The van der Waals surface area contributed by atoms with Gasteiger partial charge in [0, 0.05) is 23.9 Å². The van der Waals surface area contributed by atoms with Crippen molar-refractivity contribution in [3.8, 4) is 11.5 Å². The van der Waals surface area contributed by atoms with Gasteiger partial charge in [-0.25, -0.2) is 0 Å². The van der Waals surface area contributed by atoms with Crippen molar-refractivity contribution in [1.29, 1.82) is 0 Å². The minimum Gasteiger partial charge on any atom is -0.497 e. The van der Waals surface area contributed by atoms with E-state index in [-0.39, 0.29) is 18.4 Å². The highest BCUT2D eigenvalue weighted by Crippen LogP contribution is 2.20. The summed E-state index contributed by atoms with van der Waals surface area (Å²) >= 11 is 0. The maximum absolute atomic E-state index is 12.0. The third kappa shape index (κ3) is 3.65. The maximum atomic E-state index is 12.0. The highest BCUT2D eigenvalue weighted by atomic mass is 16.5. The van der Waals surface area contributed by atoms with Gasteiger partial charge in [0.25, 0.3) is 11.8 Å². The number of ether oxygens (including phenoxy) is 2. The molecular weight excluding hydrogens is 308 g/mol. The molecule has 0 saturated carbocycles. The molecule has 124 valence electrons. The molecule has 2 aromatic carbocycles. The molecule has 6 nitrogen and oxygen atoms in total. The Labute approximate surface area is 139 Å². The van der Waals surface area contributed by atoms with Crippen LogP contribution >= 0.6 is 0 Å². The molecule has 1 aliphatic rings. The van der Waals surface area contributed by atoms with Gasteiger partial charge >= 0.3 is 0 Å². The summed E-state index contributed by atoms with van der Waals surface area (Å²) in [7, 11) is 1.57. The van der Waals surface area contributed by atoms with Gasteiger partial charge in [-0.15, -0.1) is 0 Å². The molecule has 0 unspecified atom stereocenters. The lowest BCUT2D eigenvalue weighted by atomic mass is 10.00. The van der Waals surface area contributed by atoms with Crippen molar-refractivity contribution >= 4 is 17.5 Å². The number of rotatable bonds is 5. The molecule has 2 aromatic rings. The van der Waals surface area contributed by atoms with Crippen molar-refractivity contribution in [1.82, 2.24) is 5.32 Å². The number of anilines is 1. The van der Waals surface area contributed by atoms with Gasteiger partial charge in [-0.05, 0) is 36.2 Å². The number of hydrogen-bond acceptors (Lipinski definition) is 4. The lowest BCUT2D eigenvalue weighted by Gasteiger charge is -2.17. The van der Waals surface area contributed by atoms with Crippen LogP contribution in [0.5, 0.6) is 11.5 Å². The first kappa shape index (κ1) is 15.9. The molecule has 0 spiro atoms. The van der Waals surface area contributed by atoms with Crippen molar-refractivity contribution in [2.24, 2.45) is 0 Å². The second-order valence-electron chi connectivity index (χ2n) is 5.39. The topological polar surface area (TPSA) is 76.7 Å². The average molecular weight is 326 g/mol. The standard InChI is InChI=1S/C18H18N2O4/c1-23-14-3-2-4-15(10-14)24-11-17(21)20-13-6-5-12-7-8-19-18(22)16(12)9-13/h2-6,9-10H,7-8,11H2,1H3,(H,19,22)(H,20,21). The van der Waals surface area contributed by atoms with Gasteiger partial charge in [-0.2, -0.15) is 0 Å². The molecule has 0 aromatic heterocycles. The van der Waals surface area contributed by atoms with E-state index in [9.17, 15) is 9.59 Å². The smallest absolute Gasteiger partial charge is 0.262 e. The summed E-state index contributed by atoms with van der Waals surface area (Å²) < 4.78 is 10.5. The Morgan fingerprint density at radius 2 is 2.04 bits per heavy atom. The zero-order valence-corrected chi connectivity index (χ0v) is 13.3. The fraction of sp³-hybridized carbons (Fsp3) is 0.222. The number of amides is 2. The Kier molecular flexibility index (Phi) is 4.65. The number of carbonyl (C=O) groups excluding carboxylic acids is 2. The van der Waals surface area contributed by atoms with Crippen molar-refractivity contribution < 1.29 is 19.1 Å². The quantitative estimate of drug-likeness (QED) is 0.881. The molecular formula is C18H18N2O4. The summed E-state index contributed by atoms with van der Waals surface area (Å²) in [6, 6.07) is 12.4. The molecule has 0 fully saturated rings. The molecule has 1 heterocycles. The number of nitrogens with one attached hydrogen (secondary N) is 2. The van der Waals surface area contributed by atoms with Crippen LogP contribution in [-0.2, 0) is 11.2 Å². The van der Waals surface area contributed by atoms with Crippen LogP contribution in [0, 0.1) is 0 Å². The lowest BCUT2D eigenvalue weighted by Crippen LogP contribution is -2.32. The number of benzene rings is 2. The second kappa shape index (κ2) is 7.04. The predicted molar refractivity (Wildman–Crippen MR) is 89.6 cm³/mol. The second-order valence-corrected chi connectivity index (χ2v) is 5.39. The van der Waals surface area contributed by atoms with Crippen molar-refractivity contribution in [2.45, 2.75) is 6.42 Å². The van der Waals surface area contributed by atoms with Gasteiger partial charge in [0.05, 0.1) is 7.11 Å². The molecule has 24 heavy (non-hydrogen) atoms. The minimum atomic E-state index is -0.297. The Bertz CT molecular complexity index is 773. The SMILES string of the molecule is COc1cccc(OCC(=O)Nc2ccc3c(c2)C(=O)NCC3)c1. The summed E-state index contributed by atoms with van der Waals surface area (Å²) in [6.45, 7) is 0.516. The lowest BCUT2D eigenvalue weighted by molar-refractivity contribution is -0.118. The van der Waals surface area contributed by atoms with Crippen LogP contribution in [0.2, 0.25) is 0 Å². The monoisotopic (exact) mass is 326 g/mol. The fourth-order valence-corrected chi connectivity index (χ4v) is 2.53. The predicted octanol–water partition coefficient (Wildman–Crippen LogP) is 2.00. The van der Waals surface area contributed by atoms with E-state index in [2.05, 4.69) is 10.6 Å². The number of fused-ring (bicyclic) bond motifs is 1. The van der Waals surface area contributed by atoms with Crippen molar-refractivity contribution in [3.05, 3.63) is 53.6 Å². The van der Waals surface area contributed by atoms with Crippen LogP contribution in [0.1, 0.15) is 15.9 Å². The Morgan fingerprint density at radius 1 is 1.21 bits per heavy atom. The fourth-order valence-electron chi connectivity index (χ4n) is 2.53. The molecule has 6 heteroatoms. The molecule has 0 atom stereocenters. The minimum absolute atomic E-state index is 0.111. The highest BCUT2D eigenvalue weighted by molar-refractivity contribution is 5.99. The van der Waals surface area contributed by atoms with E-state index >= 15 is 0 Å². The van der Waals surface area contributed by atoms with Gasteiger partial charge in [0.15, 0.2) is 6.61 Å². The zero-order valence-electron chi connectivity index (χ0n) is 13.3. The number of hydrogen-bond donors (Lipinski definition) is 2. The zero-order chi connectivity index (χ0) is 16.9. The summed E-state index contributed by atoms with van der Waals surface area (Å²) in [5.74, 6) is 0.803. The van der Waals surface area contributed by atoms with Gasteiger partial charge in [0.1, 0.15) is 11.5 Å². The van der Waals surface area contributed by atoms with E-state index < -0.39 is 0 Å². The molecule has 0 aliphatic carbocycles. The van der Waals surface area contributed by atoms with Crippen LogP contribution in [-0.4, -0.2) is 32.1 Å². The summed E-state index contributed by atoms with van der Waals surface area (Å²) in [5, 5.41) is 5.52. The first-order valence-electron chi connectivity index (χ1n) is 7.63. The van der Waals surface area contributed by atoms with E-state index in [1.54, 1.807) is 43.5 Å². The average Bonchev–Trinajstić information content (AvgIpc) is 2.61. The first-order chi connectivity index (χ1) is 11.7. The van der Waals surface area contributed by atoms with Gasteiger partial charge in [-0.3, -0.25) is 9.59 Å². The van der Waals surface area contributed by atoms with Gasteiger partial charge in [-0.1, -0.05) is 12.1 Å². The molecule has 2 amide bonds. The number of carbonyl (C=O) groups is 2. The van der Waals surface area contributed by atoms with E-state index in [1.807, 2.05) is 6.07 Å². The molecule has 0 radical (unpaired) electrons. The van der Waals surface area contributed by atoms with Crippen molar-refractivity contribution in [3.63, 3.8) is 0 Å². The third-order valence-corrected chi connectivity index (χ3v) is 3.73. The molecule has 2 N–H and O–H groups in total. The molecule has 3 rings (SSSR count). The van der Waals surface area contributed by atoms with Crippen LogP contribution in [0.4, 0.5) is 5.69 Å². The number of methoxy groups -OCH3 is 1. The highest BCUT2D eigenvalue weighted by Gasteiger charge is 2.17. The summed E-state index contributed by atoms with van der Waals surface area (Å²) in [4.78, 5) is 23.9. The van der Waals surface area contributed by atoms with Crippen LogP contribution in [0.15, 0.2) is 42.5 Å². The molecule has 0 saturated heterocycles. The van der Waals surface area contributed by atoms with Crippen LogP contribution in [0.3, 0.4) is 0 Å². The summed E-state index contributed by atoms with van der Waals surface area (Å²) in [5.41, 5.74) is 2.17. The van der Waals surface area contributed by atoms with Gasteiger partial charge < -0.3 is 20.1 Å². The Hall–Kier alpha value is -3.02.